The Morgan fingerprint density at radius 2 is 0.638 bits per heavy atom. The Kier molecular flexibility index (Phi) is 28.3. The standard InChI is InChI=1S/C60H49F6N5O10.C24H23F2NO4.C19H16F2N2O3/c1-9-67-55(72)54(51-30(4)71(58(75)33-14-20-36(63)21-15-33)45-27-42(66)48(81-8)24-39(45)51)68(5)59(76)52(49-28(2)69(56(73)31-10-16-34(61)17-11-31)43-25-40(64)46(79-6)22-37(43)49)53(60(77)78)50-29(3)70(57(74)32-12-18-35(62)19-13-32)44-26-41(65)47(80-7)23-38(44)50;1-13-21(22(24(29)30)14-5-3-4-6-14)17-11-20(31-2)18(26)12-19(17)27(13)23(28)15-7-9-16(25)10-8-15;1-10-13(8-18(22)24)14-7-17(26-2)15(21)9-16(14)23(10)19(25)11-3-5-12(20)6-4-11/h10-27,52-54H,9H2,1-8H3,(H,67,72)(H,77,78);7-12,14,22H,3-6H2,1-2H3,(H,29,30);3-7,9H,8H2,1-2H3,(H2,22,24). The fourth-order valence-electron chi connectivity index (χ4n) is 18.7. The van der Waals surface area contributed by atoms with Crippen LogP contribution in [0.25, 0.3) is 54.5 Å². The number of hydrogen-bond donors (Lipinski definition) is 4. The molecule has 138 heavy (non-hydrogen) atoms. The fourth-order valence-corrected chi connectivity index (χ4v) is 18.7. The lowest BCUT2D eigenvalue weighted by atomic mass is 9.77. The minimum Gasteiger partial charge on any atom is -0.494 e. The van der Waals surface area contributed by atoms with Gasteiger partial charge in [-0.3, -0.25) is 70.8 Å². The summed E-state index contributed by atoms with van der Waals surface area (Å²) in [6.45, 7) is 8.90. The molecule has 0 spiro atoms. The number of carboxylic acids is 2. The van der Waals surface area contributed by atoms with E-state index in [0.29, 0.717) is 33.3 Å². The molecule has 1 fully saturated rings. The van der Waals surface area contributed by atoms with Crippen LogP contribution >= 0.6 is 0 Å². The Morgan fingerprint density at radius 3 is 0.920 bits per heavy atom. The van der Waals surface area contributed by atoms with Crippen molar-refractivity contribution in [2.45, 2.75) is 97.4 Å². The summed E-state index contributed by atoms with van der Waals surface area (Å²) in [5, 5.41) is 25.5. The molecule has 15 aromatic rings. The number of aliphatic carboxylic acids is 2. The molecule has 10 aromatic carbocycles. The smallest absolute Gasteiger partial charge is 0.312 e. The van der Waals surface area contributed by atoms with Crippen LogP contribution in [0.1, 0.15) is 164 Å². The fraction of sp³-hybridized carbons (Fsp3) is 0.223. The Bertz CT molecular complexity index is 7470. The van der Waals surface area contributed by atoms with Crippen LogP contribution in [0.5, 0.6) is 28.7 Å². The van der Waals surface area contributed by atoms with Crippen LogP contribution in [0, 0.1) is 98.7 Å². The van der Waals surface area contributed by atoms with Gasteiger partial charge >= 0.3 is 11.9 Å². The molecule has 3 amide bonds. The molecule has 0 bridgehead atoms. The molecule has 1 aliphatic rings. The van der Waals surface area contributed by atoms with E-state index in [1.807, 2.05) is 0 Å². The van der Waals surface area contributed by atoms with E-state index >= 15 is 22.8 Å². The maximum Gasteiger partial charge on any atom is 0.312 e. The predicted octanol–water partition coefficient (Wildman–Crippen LogP) is 18.9. The molecule has 16 rings (SSSR count). The van der Waals surface area contributed by atoms with Crippen LogP contribution in [0.3, 0.4) is 0 Å². The normalized spacial score (nSPS) is 12.9. The van der Waals surface area contributed by atoms with Crippen molar-refractivity contribution in [2.24, 2.45) is 11.7 Å². The third-order valence-corrected chi connectivity index (χ3v) is 25.1. The van der Waals surface area contributed by atoms with Crippen molar-refractivity contribution in [2.75, 3.05) is 49.1 Å². The molecule has 4 atom stereocenters. The largest absolute Gasteiger partial charge is 0.494 e. The van der Waals surface area contributed by atoms with Crippen molar-refractivity contribution >= 4 is 114 Å². The summed E-state index contributed by atoms with van der Waals surface area (Å²) >= 11 is 0. The molecule has 712 valence electrons. The monoisotopic (exact) mass is 1900 g/mol. The third-order valence-electron chi connectivity index (χ3n) is 25.1. The van der Waals surface area contributed by atoms with Crippen molar-refractivity contribution in [1.29, 1.82) is 0 Å². The second-order valence-electron chi connectivity index (χ2n) is 32.9. The summed E-state index contributed by atoms with van der Waals surface area (Å²) in [5.74, 6) is -22.8. The number of nitrogens with two attached hydrogens (primary N) is 1. The van der Waals surface area contributed by atoms with Gasteiger partial charge in [-0.15, -0.1) is 0 Å². The molecule has 0 radical (unpaired) electrons. The van der Waals surface area contributed by atoms with Gasteiger partial charge in [0.15, 0.2) is 57.8 Å². The maximum absolute atomic E-state index is 16.7. The first-order valence-corrected chi connectivity index (χ1v) is 43.0. The Hall–Kier alpha value is -16.1. The second-order valence-corrected chi connectivity index (χ2v) is 32.9. The summed E-state index contributed by atoms with van der Waals surface area (Å²) < 4.78 is 178. The van der Waals surface area contributed by atoms with Crippen LogP contribution in [0.2, 0.25) is 0 Å². The lowest BCUT2D eigenvalue weighted by molar-refractivity contribution is -0.146. The van der Waals surface area contributed by atoms with Crippen LogP contribution in [0.4, 0.5) is 43.9 Å². The first-order valence-electron chi connectivity index (χ1n) is 43.0. The number of carboxylic acid groups (broad SMARTS) is 2. The molecular weight excluding hydrogens is 1810 g/mol. The van der Waals surface area contributed by atoms with Crippen LogP contribution in [0.15, 0.2) is 182 Å². The molecule has 0 aliphatic heterocycles. The first kappa shape index (κ1) is 97.9. The number of primary amides is 1. The van der Waals surface area contributed by atoms with E-state index in [2.05, 4.69) is 5.32 Å². The zero-order chi connectivity index (χ0) is 99.9. The zero-order valence-electron chi connectivity index (χ0n) is 76.0. The summed E-state index contributed by atoms with van der Waals surface area (Å²) in [7, 11) is 7.25. The van der Waals surface area contributed by atoms with E-state index in [1.165, 1.54) is 142 Å². The highest BCUT2D eigenvalue weighted by Crippen LogP contribution is 2.51. The molecule has 4 unspecified atom stereocenters. The Labute approximate surface area is 780 Å². The number of carbonyl (C=O) groups is 10. The lowest BCUT2D eigenvalue weighted by Gasteiger charge is -2.34. The number of methoxy groups -OCH3 is 5. The number of fused-ring (bicyclic) bond motifs is 5. The van der Waals surface area contributed by atoms with Crippen molar-refractivity contribution in [3.63, 3.8) is 0 Å². The van der Waals surface area contributed by atoms with Crippen LogP contribution < -0.4 is 34.7 Å². The molecule has 0 saturated heterocycles. The van der Waals surface area contributed by atoms with Gasteiger partial charge in [-0.1, -0.05) is 12.8 Å². The molecular formula is C103H88F10N8O17. The first-order chi connectivity index (χ1) is 65.7. The average molecular weight is 1900 g/mol. The molecule has 5 N–H and O–H groups in total. The number of likely N-dealkylation sites (N-methyl/N-ethyl adjacent to an activating group) is 2. The number of ether oxygens (including phenoxy) is 5. The van der Waals surface area contributed by atoms with Crippen LogP contribution in [-0.4, -0.2) is 146 Å². The predicted molar refractivity (Wildman–Crippen MR) is 489 cm³/mol. The van der Waals surface area contributed by atoms with E-state index in [9.17, 15) is 79.3 Å². The number of benzene rings is 10. The summed E-state index contributed by atoms with van der Waals surface area (Å²) in [5.41, 5.74) is 6.24. The lowest BCUT2D eigenvalue weighted by Crippen LogP contribution is -2.45. The number of nitrogens with zero attached hydrogens (tertiary/aromatic N) is 6. The van der Waals surface area contributed by atoms with Gasteiger partial charge in [0.2, 0.25) is 17.7 Å². The topological polar surface area (TPSA) is 323 Å². The van der Waals surface area contributed by atoms with E-state index in [4.69, 9.17) is 29.4 Å². The van der Waals surface area contributed by atoms with Crippen molar-refractivity contribution < 1.29 is 126 Å². The van der Waals surface area contributed by atoms with Crippen molar-refractivity contribution in [3.05, 3.63) is 324 Å². The summed E-state index contributed by atoms with van der Waals surface area (Å²) in [4.78, 5) is 142. The highest BCUT2D eigenvalue weighted by Gasteiger charge is 2.48. The maximum atomic E-state index is 16.7. The quantitative estimate of drug-likeness (QED) is 0.0408. The highest BCUT2D eigenvalue weighted by molar-refractivity contribution is 6.12. The minimum absolute atomic E-state index is 0.00500. The molecule has 5 aromatic heterocycles. The number of aromatic nitrogens is 5. The Balaban J connectivity index is 0.000000214. The number of halogens is 10. The SMILES string of the molecule is CCNC(=O)C(c1c(C)n(C(=O)c2ccc(F)cc2)c2cc(F)c(OC)cc12)N(C)C(=O)C(c1c(C)n(C(=O)c2ccc(F)cc2)c2cc(F)c(OC)cc12)C(C(=O)O)c1c(C)n(C(=O)c2ccc(F)cc2)c2cc(F)c(OC)cc12.COc1cc2c(C(C(=O)O)C3CCCC3)c(C)n(C(=O)c3ccc(F)cc3)c2cc1F.COc1cc2c(CC(N)=O)c(C)n(C(=O)c3ccc(F)cc3)c2cc1F. The Morgan fingerprint density at radius 1 is 0.377 bits per heavy atom. The second kappa shape index (κ2) is 39.8. The van der Waals surface area contributed by atoms with Gasteiger partial charge in [-0.2, -0.15) is 0 Å². The number of hydrogen-bond acceptors (Lipinski definition) is 15. The molecule has 1 aliphatic carbocycles. The number of amides is 3. The molecule has 1 saturated carbocycles. The van der Waals surface area contributed by atoms with E-state index in [1.54, 1.807) is 20.8 Å². The van der Waals surface area contributed by atoms with E-state index in [-0.39, 0.29) is 141 Å². The number of carbonyl (C=O) groups excluding carboxylic acids is 8. The number of rotatable bonds is 24. The van der Waals surface area contributed by atoms with Gasteiger partial charge in [-0.25, -0.2) is 43.9 Å². The van der Waals surface area contributed by atoms with Crippen molar-refractivity contribution in [1.82, 2.24) is 33.1 Å². The van der Waals surface area contributed by atoms with Gasteiger partial charge in [0.1, 0.15) is 35.1 Å². The van der Waals surface area contributed by atoms with Gasteiger partial charge in [0.05, 0.1) is 87.3 Å². The van der Waals surface area contributed by atoms with Crippen LogP contribution in [-0.2, 0) is 30.4 Å². The van der Waals surface area contributed by atoms with Gasteiger partial charge in [0.25, 0.3) is 29.5 Å². The summed E-state index contributed by atoms with van der Waals surface area (Å²) in [6.07, 6.45) is 3.37. The number of nitrogens with one attached hydrogen (secondary N) is 1. The van der Waals surface area contributed by atoms with Gasteiger partial charge in [-0.05, 0) is 234 Å². The molecule has 35 heteroatoms. The highest BCUT2D eigenvalue weighted by atomic mass is 19.2. The van der Waals surface area contributed by atoms with Gasteiger partial charge < -0.3 is 49.8 Å². The summed E-state index contributed by atoms with van der Waals surface area (Å²) in [6, 6.07) is 32.8. The van der Waals surface area contributed by atoms with Gasteiger partial charge in [0, 0.05) is 133 Å². The van der Waals surface area contributed by atoms with Crippen molar-refractivity contribution in [3.8, 4) is 28.7 Å². The molecule has 5 heterocycles. The average Bonchev–Trinajstić information content (AvgIpc) is 1.56. The third kappa shape index (κ3) is 18.1. The minimum atomic E-state index is -2.25. The zero-order valence-corrected chi connectivity index (χ0v) is 76.0. The van der Waals surface area contributed by atoms with E-state index < -0.39 is 153 Å². The van der Waals surface area contributed by atoms with E-state index in [0.717, 1.165) is 157 Å². The molecule has 25 nitrogen and oxygen atoms in total.